The van der Waals surface area contributed by atoms with Gasteiger partial charge in [-0.2, -0.15) is 0 Å². The minimum Gasteiger partial charge on any atom is -0.481 e. The predicted octanol–water partition coefficient (Wildman–Crippen LogP) is 1.21. The maximum Gasteiger partial charge on any atom is 0.330 e. The average molecular weight is 372 g/mol. The van der Waals surface area contributed by atoms with Crippen LogP contribution in [0, 0.1) is 5.41 Å². The molecule has 1 rings (SSSR count). The molecule has 0 aliphatic heterocycles. The first-order valence-electron chi connectivity index (χ1n) is 9.02. The zero-order valence-corrected chi connectivity index (χ0v) is 16.2. The molecule has 0 aromatic heterocycles. The van der Waals surface area contributed by atoms with Crippen LogP contribution in [-0.2, 0) is 23.9 Å². The molecule has 0 radical (unpaired) electrons. The molecule has 0 heterocycles. The van der Waals surface area contributed by atoms with Gasteiger partial charge in [-0.05, 0) is 25.2 Å². The van der Waals surface area contributed by atoms with Gasteiger partial charge in [0, 0.05) is 0 Å². The number of amides is 1. The highest BCUT2D eigenvalue weighted by atomic mass is 16.5. The number of ether oxygens (including phenoxy) is 2. The minimum absolute atomic E-state index is 0.0574. The van der Waals surface area contributed by atoms with Crippen LogP contribution in [0.25, 0.3) is 0 Å². The molecule has 1 unspecified atom stereocenters. The average Bonchev–Trinajstić information content (AvgIpc) is 2.68. The molecule has 8 heteroatoms. The molecule has 1 saturated carbocycles. The standard InChI is InChI=1S/C18H32N2O6/c1-17(2)8-6-5-7-9-18(17,3)26-11-13(16(24)25-4)20-15(23)12(19)10-14(21)22/h12-13H,5-11,19H2,1-4H3,(H,20,23)(H,21,22)/t12-,13-,18?/m0/s1. The van der Waals surface area contributed by atoms with Crippen molar-refractivity contribution >= 4 is 17.8 Å². The van der Waals surface area contributed by atoms with E-state index in [1.54, 1.807) is 0 Å². The summed E-state index contributed by atoms with van der Waals surface area (Å²) >= 11 is 0. The van der Waals surface area contributed by atoms with Crippen LogP contribution in [-0.4, -0.2) is 54.4 Å². The van der Waals surface area contributed by atoms with E-state index in [0.717, 1.165) is 32.1 Å². The van der Waals surface area contributed by atoms with Gasteiger partial charge in [-0.1, -0.05) is 33.1 Å². The first kappa shape index (κ1) is 22.4. The Kier molecular flexibility index (Phi) is 8.02. The van der Waals surface area contributed by atoms with Crippen molar-refractivity contribution in [3.63, 3.8) is 0 Å². The van der Waals surface area contributed by atoms with Gasteiger partial charge in [0.15, 0.2) is 6.04 Å². The molecule has 0 spiro atoms. The Morgan fingerprint density at radius 1 is 1.15 bits per heavy atom. The maximum absolute atomic E-state index is 12.1. The van der Waals surface area contributed by atoms with Gasteiger partial charge in [0.05, 0.1) is 31.8 Å². The van der Waals surface area contributed by atoms with Crippen LogP contribution in [0.2, 0.25) is 0 Å². The van der Waals surface area contributed by atoms with Crippen LogP contribution in [0.15, 0.2) is 0 Å². The number of carbonyl (C=O) groups is 3. The molecule has 1 amide bonds. The van der Waals surface area contributed by atoms with Crippen LogP contribution >= 0.6 is 0 Å². The number of carboxylic acids is 1. The molecule has 1 aliphatic rings. The lowest BCUT2D eigenvalue weighted by molar-refractivity contribution is -0.155. The van der Waals surface area contributed by atoms with E-state index < -0.39 is 42.0 Å². The number of carboxylic acid groups (broad SMARTS) is 1. The molecule has 1 aliphatic carbocycles. The number of methoxy groups -OCH3 is 1. The van der Waals surface area contributed by atoms with Crippen LogP contribution < -0.4 is 11.1 Å². The van der Waals surface area contributed by atoms with Crippen molar-refractivity contribution in [1.82, 2.24) is 5.32 Å². The lowest BCUT2D eigenvalue weighted by Crippen LogP contribution is -2.53. The van der Waals surface area contributed by atoms with E-state index in [9.17, 15) is 14.4 Å². The van der Waals surface area contributed by atoms with E-state index in [0.29, 0.717) is 0 Å². The molecule has 1 fully saturated rings. The number of nitrogens with one attached hydrogen (secondary N) is 1. The second-order valence-corrected chi connectivity index (χ2v) is 7.78. The van der Waals surface area contributed by atoms with E-state index in [4.69, 9.17) is 20.3 Å². The Bertz CT molecular complexity index is 522. The van der Waals surface area contributed by atoms with Crippen LogP contribution in [0.1, 0.15) is 59.3 Å². The third-order valence-electron chi connectivity index (χ3n) is 5.49. The van der Waals surface area contributed by atoms with E-state index in [1.165, 1.54) is 7.11 Å². The lowest BCUT2D eigenvalue weighted by atomic mass is 9.72. The zero-order valence-electron chi connectivity index (χ0n) is 16.2. The fraction of sp³-hybridized carbons (Fsp3) is 0.833. The summed E-state index contributed by atoms with van der Waals surface area (Å²) in [5.74, 6) is -2.57. The summed E-state index contributed by atoms with van der Waals surface area (Å²) in [6, 6.07) is -2.28. The maximum atomic E-state index is 12.1. The summed E-state index contributed by atoms with van der Waals surface area (Å²) in [5, 5.41) is 11.2. The molecule has 150 valence electrons. The van der Waals surface area contributed by atoms with Gasteiger partial charge in [0.1, 0.15) is 0 Å². The molecule has 0 bridgehead atoms. The van der Waals surface area contributed by atoms with Gasteiger partial charge in [0.2, 0.25) is 5.91 Å². The summed E-state index contributed by atoms with van der Waals surface area (Å²) in [6.07, 6.45) is 4.67. The predicted molar refractivity (Wildman–Crippen MR) is 95.4 cm³/mol. The highest BCUT2D eigenvalue weighted by Gasteiger charge is 2.43. The topological polar surface area (TPSA) is 128 Å². The minimum atomic E-state index is -1.25. The van der Waals surface area contributed by atoms with E-state index in [1.807, 2.05) is 6.92 Å². The summed E-state index contributed by atoms with van der Waals surface area (Å²) in [7, 11) is 1.22. The third kappa shape index (κ3) is 5.95. The van der Waals surface area contributed by atoms with Crippen LogP contribution in [0.4, 0.5) is 0 Å². The fourth-order valence-corrected chi connectivity index (χ4v) is 3.21. The van der Waals surface area contributed by atoms with Gasteiger partial charge < -0.3 is 25.6 Å². The van der Waals surface area contributed by atoms with Gasteiger partial charge in [0.25, 0.3) is 0 Å². The Labute approximate surface area is 154 Å². The summed E-state index contributed by atoms with van der Waals surface area (Å²) < 4.78 is 10.9. The largest absolute Gasteiger partial charge is 0.481 e. The Hall–Kier alpha value is -1.67. The first-order valence-corrected chi connectivity index (χ1v) is 9.02. The van der Waals surface area contributed by atoms with Crippen LogP contribution in [0.3, 0.4) is 0 Å². The van der Waals surface area contributed by atoms with Gasteiger partial charge in [-0.25, -0.2) is 4.79 Å². The molecular weight excluding hydrogens is 340 g/mol. The molecule has 0 aromatic rings. The number of hydrogen-bond acceptors (Lipinski definition) is 6. The molecule has 3 atom stereocenters. The third-order valence-corrected chi connectivity index (χ3v) is 5.49. The normalized spacial score (nSPS) is 24.8. The smallest absolute Gasteiger partial charge is 0.330 e. The first-order chi connectivity index (χ1) is 12.0. The van der Waals surface area contributed by atoms with Crippen molar-refractivity contribution in [2.24, 2.45) is 11.1 Å². The van der Waals surface area contributed by atoms with Gasteiger partial charge in [-0.15, -0.1) is 0 Å². The highest BCUT2D eigenvalue weighted by molar-refractivity contribution is 5.89. The number of aliphatic carboxylic acids is 1. The molecule has 4 N–H and O–H groups in total. The molecule has 8 nitrogen and oxygen atoms in total. The van der Waals surface area contributed by atoms with E-state index in [-0.39, 0.29) is 12.0 Å². The summed E-state index contributed by atoms with van der Waals surface area (Å²) in [4.78, 5) is 34.8. The second kappa shape index (κ2) is 9.32. The Morgan fingerprint density at radius 3 is 2.35 bits per heavy atom. The van der Waals surface area contributed by atoms with Crippen molar-refractivity contribution < 1.29 is 29.0 Å². The summed E-state index contributed by atoms with van der Waals surface area (Å²) in [6.45, 7) is 6.27. The summed E-state index contributed by atoms with van der Waals surface area (Å²) in [5.41, 5.74) is 5.03. The van der Waals surface area contributed by atoms with Crippen molar-refractivity contribution in [2.75, 3.05) is 13.7 Å². The monoisotopic (exact) mass is 372 g/mol. The molecule has 0 aromatic carbocycles. The lowest BCUT2D eigenvalue weighted by Gasteiger charge is -2.43. The number of carbonyl (C=O) groups excluding carboxylic acids is 2. The molecule has 26 heavy (non-hydrogen) atoms. The molecular formula is C18H32N2O6. The number of rotatable bonds is 8. The van der Waals surface area contributed by atoms with E-state index >= 15 is 0 Å². The van der Waals surface area contributed by atoms with Gasteiger partial charge in [-0.3, -0.25) is 9.59 Å². The highest BCUT2D eigenvalue weighted by Crippen LogP contribution is 2.44. The van der Waals surface area contributed by atoms with Crippen molar-refractivity contribution in [3.05, 3.63) is 0 Å². The molecule has 0 saturated heterocycles. The Morgan fingerprint density at radius 2 is 1.77 bits per heavy atom. The van der Waals surface area contributed by atoms with Crippen LogP contribution in [0.5, 0.6) is 0 Å². The fourth-order valence-electron chi connectivity index (χ4n) is 3.21. The van der Waals surface area contributed by atoms with Crippen molar-refractivity contribution in [1.29, 1.82) is 0 Å². The number of hydrogen-bond donors (Lipinski definition) is 3. The van der Waals surface area contributed by atoms with Crippen molar-refractivity contribution in [2.45, 2.75) is 77.0 Å². The van der Waals surface area contributed by atoms with Gasteiger partial charge >= 0.3 is 11.9 Å². The van der Waals surface area contributed by atoms with Crippen molar-refractivity contribution in [3.8, 4) is 0 Å². The number of esters is 1. The number of nitrogens with two attached hydrogens (primary N) is 1. The Balaban J connectivity index is 2.79. The SMILES string of the molecule is COC(=O)[C@H](COC1(C)CCCCCC1(C)C)NC(=O)[C@@H](N)CC(=O)O. The quantitative estimate of drug-likeness (QED) is 0.431. The second-order valence-electron chi connectivity index (χ2n) is 7.78. The van der Waals surface area contributed by atoms with E-state index in [2.05, 4.69) is 19.2 Å². The zero-order chi connectivity index (χ0) is 20.0.